The molecule has 0 spiro atoms. The molecular formula is C18H21N3O3. The van der Waals surface area contributed by atoms with Crippen LogP contribution in [0.2, 0.25) is 0 Å². The average molecular weight is 327 g/mol. The fourth-order valence-corrected chi connectivity index (χ4v) is 2.09. The topological polar surface area (TPSA) is 83.0 Å². The number of hydrogen-bond donors (Lipinski definition) is 3. The molecule has 6 nitrogen and oxygen atoms in total. The third-order valence-corrected chi connectivity index (χ3v) is 3.39. The van der Waals surface area contributed by atoms with Gasteiger partial charge in [0.25, 0.3) is 5.91 Å². The van der Waals surface area contributed by atoms with E-state index >= 15 is 0 Å². The number of methoxy groups -OCH3 is 1. The maximum Gasteiger partial charge on any atom is 0.262 e. The first-order valence-electron chi connectivity index (χ1n) is 7.52. The van der Waals surface area contributed by atoms with Crippen molar-refractivity contribution in [1.82, 2.24) is 5.43 Å². The summed E-state index contributed by atoms with van der Waals surface area (Å²) in [5.41, 5.74) is 5.18. The van der Waals surface area contributed by atoms with Gasteiger partial charge in [0.1, 0.15) is 6.04 Å². The second-order valence-electron chi connectivity index (χ2n) is 5.40. The molecule has 1 atom stereocenters. The highest BCUT2D eigenvalue weighted by Gasteiger charge is 2.11. The van der Waals surface area contributed by atoms with E-state index in [4.69, 9.17) is 4.74 Å². The molecule has 0 aliphatic heterocycles. The van der Waals surface area contributed by atoms with E-state index in [0.717, 1.165) is 11.3 Å². The molecule has 0 aliphatic carbocycles. The Morgan fingerprint density at radius 2 is 2.08 bits per heavy atom. The summed E-state index contributed by atoms with van der Waals surface area (Å²) in [6.45, 7) is 3.75. The number of nitrogens with zero attached hydrogens (tertiary/aromatic N) is 1. The molecule has 126 valence electrons. The van der Waals surface area contributed by atoms with E-state index in [1.807, 2.05) is 31.2 Å². The number of carbonyl (C=O) groups is 1. The summed E-state index contributed by atoms with van der Waals surface area (Å²) in [4.78, 5) is 12.0. The van der Waals surface area contributed by atoms with E-state index in [-0.39, 0.29) is 11.7 Å². The highest BCUT2D eigenvalue weighted by atomic mass is 16.5. The Kier molecular flexibility index (Phi) is 5.78. The van der Waals surface area contributed by atoms with Crippen LogP contribution < -0.4 is 15.5 Å². The van der Waals surface area contributed by atoms with E-state index in [0.29, 0.717) is 11.3 Å². The molecule has 1 amide bonds. The summed E-state index contributed by atoms with van der Waals surface area (Å²) in [6.07, 6.45) is 1.49. The normalized spacial score (nSPS) is 12.0. The summed E-state index contributed by atoms with van der Waals surface area (Å²) in [5, 5.41) is 16.6. The van der Waals surface area contributed by atoms with Crippen LogP contribution in [0, 0.1) is 6.92 Å². The van der Waals surface area contributed by atoms with Gasteiger partial charge in [0.2, 0.25) is 0 Å². The molecule has 2 aromatic rings. The van der Waals surface area contributed by atoms with Crippen molar-refractivity contribution in [3.05, 3.63) is 53.6 Å². The number of ether oxygens (including phenoxy) is 1. The number of carbonyl (C=O) groups excluding carboxylic acids is 1. The molecule has 0 saturated carbocycles. The second-order valence-corrected chi connectivity index (χ2v) is 5.40. The van der Waals surface area contributed by atoms with E-state index in [2.05, 4.69) is 15.8 Å². The van der Waals surface area contributed by atoms with E-state index in [1.165, 1.54) is 19.4 Å². The maximum absolute atomic E-state index is 12.0. The minimum absolute atomic E-state index is 0.0506. The van der Waals surface area contributed by atoms with Gasteiger partial charge in [-0.3, -0.25) is 4.79 Å². The number of benzene rings is 2. The Labute approximate surface area is 141 Å². The Morgan fingerprint density at radius 1 is 1.29 bits per heavy atom. The molecule has 0 fully saturated rings. The van der Waals surface area contributed by atoms with Crippen LogP contribution in [0.3, 0.4) is 0 Å². The predicted octanol–water partition coefficient (Wildman–Crippen LogP) is 2.66. The Balaban J connectivity index is 1.92. The van der Waals surface area contributed by atoms with Crippen LogP contribution in [0.15, 0.2) is 47.6 Å². The minimum Gasteiger partial charge on any atom is -0.504 e. The smallest absolute Gasteiger partial charge is 0.262 e. The first-order valence-corrected chi connectivity index (χ1v) is 7.52. The van der Waals surface area contributed by atoms with Crippen LogP contribution in [0.5, 0.6) is 11.5 Å². The Morgan fingerprint density at radius 3 is 2.79 bits per heavy atom. The number of hydrazone groups is 1. The first-order chi connectivity index (χ1) is 11.5. The number of hydrogen-bond acceptors (Lipinski definition) is 5. The summed E-state index contributed by atoms with van der Waals surface area (Å²) in [6, 6.07) is 12.2. The lowest BCUT2D eigenvalue weighted by molar-refractivity contribution is -0.121. The SMILES string of the molecule is COc1cc(/C=N/NC(=O)C(C)Nc2cccc(C)c2)ccc1O. The van der Waals surface area contributed by atoms with E-state index < -0.39 is 6.04 Å². The monoisotopic (exact) mass is 327 g/mol. The van der Waals surface area contributed by atoms with Gasteiger partial charge in [0.05, 0.1) is 13.3 Å². The quantitative estimate of drug-likeness (QED) is 0.563. The van der Waals surface area contributed by atoms with Gasteiger partial charge in [-0.05, 0) is 55.3 Å². The van der Waals surface area contributed by atoms with Gasteiger partial charge in [-0.2, -0.15) is 5.10 Å². The van der Waals surface area contributed by atoms with Crippen molar-refractivity contribution in [2.45, 2.75) is 19.9 Å². The largest absolute Gasteiger partial charge is 0.504 e. The number of aromatic hydroxyl groups is 1. The van der Waals surface area contributed by atoms with E-state index in [1.54, 1.807) is 19.1 Å². The number of rotatable bonds is 6. The van der Waals surface area contributed by atoms with Gasteiger partial charge in [-0.25, -0.2) is 5.43 Å². The molecule has 0 aromatic heterocycles. The second kappa shape index (κ2) is 8.01. The van der Waals surface area contributed by atoms with Crippen molar-refractivity contribution >= 4 is 17.8 Å². The van der Waals surface area contributed by atoms with Crippen molar-refractivity contribution in [3.8, 4) is 11.5 Å². The Bertz CT molecular complexity index is 744. The summed E-state index contributed by atoms with van der Waals surface area (Å²) < 4.78 is 5.02. The molecule has 0 saturated heterocycles. The zero-order chi connectivity index (χ0) is 17.5. The minimum atomic E-state index is -0.432. The molecule has 3 N–H and O–H groups in total. The molecule has 0 bridgehead atoms. The number of nitrogens with one attached hydrogen (secondary N) is 2. The third kappa shape index (κ3) is 4.74. The summed E-state index contributed by atoms with van der Waals surface area (Å²) in [7, 11) is 1.47. The lowest BCUT2D eigenvalue weighted by Gasteiger charge is -2.13. The first kappa shape index (κ1) is 17.3. The highest BCUT2D eigenvalue weighted by Crippen LogP contribution is 2.25. The number of phenols is 1. The van der Waals surface area contributed by atoms with Gasteiger partial charge >= 0.3 is 0 Å². The summed E-state index contributed by atoms with van der Waals surface area (Å²) >= 11 is 0. The molecule has 24 heavy (non-hydrogen) atoms. The van der Waals surface area contributed by atoms with Crippen LogP contribution in [-0.4, -0.2) is 30.4 Å². The van der Waals surface area contributed by atoms with Crippen LogP contribution >= 0.6 is 0 Å². The molecule has 0 radical (unpaired) electrons. The van der Waals surface area contributed by atoms with Crippen LogP contribution in [-0.2, 0) is 4.79 Å². The van der Waals surface area contributed by atoms with Gasteiger partial charge < -0.3 is 15.2 Å². The molecule has 2 rings (SSSR count). The number of aryl methyl sites for hydroxylation is 1. The van der Waals surface area contributed by atoms with Gasteiger partial charge in [0, 0.05) is 5.69 Å². The summed E-state index contributed by atoms with van der Waals surface area (Å²) in [5.74, 6) is 0.146. The predicted molar refractivity (Wildman–Crippen MR) is 94.7 cm³/mol. The lowest BCUT2D eigenvalue weighted by Crippen LogP contribution is -2.34. The third-order valence-electron chi connectivity index (χ3n) is 3.39. The van der Waals surface area contributed by atoms with Crippen molar-refractivity contribution in [3.63, 3.8) is 0 Å². The van der Waals surface area contributed by atoms with Gasteiger partial charge in [-0.15, -0.1) is 0 Å². The standard InChI is InChI=1S/C18H21N3O3/c1-12-5-4-6-15(9-12)20-13(2)18(23)21-19-11-14-7-8-16(22)17(10-14)24-3/h4-11,13,20,22H,1-3H3,(H,21,23)/b19-11+. The van der Waals surface area contributed by atoms with Crippen molar-refractivity contribution < 1.29 is 14.6 Å². The fraction of sp³-hybridized carbons (Fsp3) is 0.222. The Hall–Kier alpha value is -3.02. The molecule has 1 unspecified atom stereocenters. The van der Waals surface area contributed by atoms with E-state index in [9.17, 15) is 9.90 Å². The molecule has 0 aliphatic rings. The van der Waals surface area contributed by atoms with Gasteiger partial charge in [-0.1, -0.05) is 12.1 Å². The lowest BCUT2D eigenvalue weighted by atomic mass is 10.2. The van der Waals surface area contributed by atoms with Crippen molar-refractivity contribution in [1.29, 1.82) is 0 Å². The van der Waals surface area contributed by atoms with Crippen LogP contribution in [0.4, 0.5) is 5.69 Å². The molecule has 2 aromatic carbocycles. The maximum atomic E-state index is 12.0. The van der Waals surface area contributed by atoms with Gasteiger partial charge in [0.15, 0.2) is 11.5 Å². The van der Waals surface area contributed by atoms with Crippen LogP contribution in [0.1, 0.15) is 18.1 Å². The average Bonchev–Trinajstić information content (AvgIpc) is 2.56. The molecule has 6 heteroatoms. The fourth-order valence-electron chi connectivity index (χ4n) is 2.09. The number of phenolic OH excluding ortho intramolecular Hbond substituents is 1. The van der Waals surface area contributed by atoms with Crippen molar-refractivity contribution in [2.75, 3.05) is 12.4 Å². The highest BCUT2D eigenvalue weighted by molar-refractivity contribution is 5.86. The number of amides is 1. The van der Waals surface area contributed by atoms with Crippen LogP contribution in [0.25, 0.3) is 0 Å². The molecular weight excluding hydrogens is 306 g/mol. The zero-order valence-corrected chi connectivity index (χ0v) is 13.9. The molecule has 0 heterocycles. The zero-order valence-electron chi connectivity index (χ0n) is 13.9. The van der Waals surface area contributed by atoms with Crippen molar-refractivity contribution in [2.24, 2.45) is 5.10 Å². The number of anilines is 1.